The van der Waals surface area contributed by atoms with Crippen molar-refractivity contribution < 1.29 is 15.3 Å². The Morgan fingerprint density at radius 1 is 1.00 bits per heavy atom. The molecule has 9 atom stereocenters. The van der Waals surface area contributed by atoms with E-state index in [4.69, 9.17) is 0 Å². The van der Waals surface area contributed by atoms with Crippen molar-refractivity contribution in [2.45, 2.75) is 111 Å². The van der Waals surface area contributed by atoms with Crippen molar-refractivity contribution in [3.8, 4) is 0 Å². The highest BCUT2D eigenvalue weighted by atomic mass is 16.5. The van der Waals surface area contributed by atoms with E-state index < -0.39 is 6.29 Å². The molecular weight excluding hydrogens is 372 g/mol. The van der Waals surface area contributed by atoms with Gasteiger partial charge in [-0.1, -0.05) is 52.2 Å². The van der Waals surface area contributed by atoms with Gasteiger partial charge >= 0.3 is 0 Å². The third-order valence-corrected chi connectivity index (χ3v) is 10.7. The third-order valence-electron chi connectivity index (χ3n) is 10.7. The van der Waals surface area contributed by atoms with Crippen molar-refractivity contribution in [3.63, 3.8) is 0 Å². The lowest BCUT2D eigenvalue weighted by molar-refractivity contribution is -0.0815. The van der Waals surface area contributed by atoms with Gasteiger partial charge in [0.05, 0.1) is 6.10 Å². The van der Waals surface area contributed by atoms with E-state index in [0.717, 1.165) is 55.3 Å². The van der Waals surface area contributed by atoms with Crippen LogP contribution in [0.25, 0.3) is 0 Å². The lowest BCUT2D eigenvalue weighted by Crippen LogP contribution is -2.50. The second-order valence-corrected chi connectivity index (χ2v) is 12.2. The molecule has 2 unspecified atom stereocenters. The first-order chi connectivity index (χ1) is 14.2. The molecule has 0 aromatic carbocycles. The Morgan fingerprint density at radius 2 is 1.77 bits per heavy atom. The molecule has 4 aliphatic rings. The van der Waals surface area contributed by atoms with Crippen LogP contribution in [0.4, 0.5) is 0 Å². The van der Waals surface area contributed by atoms with Gasteiger partial charge in [-0.05, 0) is 98.2 Å². The van der Waals surface area contributed by atoms with Crippen LogP contribution in [0.3, 0.4) is 0 Å². The van der Waals surface area contributed by atoms with E-state index in [9.17, 15) is 15.3 Å². The Kier molecular flexibility index (Phi) is 6.48. The minimum atomic E-state index is -1.17. The maximum Gasteiger partial charge on any atom is 0.154 e. The fourth-order valence-electron chi connectivity index (χ4n) is 8.73. The number of fused-ring (bicyclic) bond motifs is 5. The summed E-state index contributed by atoms with van der Waals surface area (Å²) in [7, 11) is 0. The zero-order valence-electron chi connectivity index (χ0n) is 19.8. The van der Waals surface area contributed by atoms with E-state index in [2.05, 4.69) is 26.8 Å². The van der Waals surface area contributed by atoms with Gasteiger partial charge in [-0.15, -0.1) is 0 Å². The molecule has 0 saturated heterocycles. The molecule has 3 nitrogen and oxygen atoms in total. The number of hydrogen-bond donors (Lipinski definition) is 3. The number of allylic oxidation sites excluding steroid dienone is 1. The van der Waals surface area contributed by atoms with Crippen LogP contribution in [0.2, 0.25) is 0 Å². The smallest absolute Gasteiger partial charge is 0.154 e. The highest BCUT2D eigenvalue weighted by Crippen LogP contribution is 2.67. The largest absolute Gasteiger partial charge is 0.393 e. The topological polar surface area (TPSA) is 60.7 Å². The predicted octanol–water partition coefficient (Wildman–Crippen LogP) is 5.68. The van der Waals surface area contributed by atoms with Gasteiger partial charge in [-0.2, -0.15) is 0 Å². The number of aliphatic hydroxyl groups is 3. The van der Waals surface area contributed by atoms with Gasteiger partial charge in [0.2, 0.25) is 0 Å². The summed E-state index contributed by atoms with van der Waals surface area (Å²) in [6.07, 6.45) is 14.4. The summed E-state index contributed by atoms with van der Waals surface area (Å²) in [6.45, 7) is 9.55. The van der Waals surface area contributed by atoms with Gasteiger partial charge in [-0.25, -0.2) is 0 Å². The molecule has 0 heterocycles. The van der Waals surface area contributed by atoms with Gasteiger partial charge in [0.15, 0.2) is 6.29 Å². The fourth-order valence-corrected chi connectivity index (χ4v) is 8.73. The zero-order valence-corrected chi connectivity index (χ0v) is 19.8. The SMILES string of the molecule is CC(CCCC(C)[C@H]1CC[C@H]2[C@@H]3CC=C4C[C@@H](O)CC[C@]4(C)[C@H]3CC[C@]12C)C(O)O. The Balaban J connectivity index is 1.44. The minimum absolute atomic E-state index is 0.0162. The number of rotatable bonds is 6. The van der Waals surface area contributed by atoms with Crippen molar-refractivity contribution in [3.05, 3.63) is 11.6 Å². The van der Waals surface area contributed by atoms with E-state index in [-0.39, 0.29) is 12.0 Å². The predicted molar refractivity (Wildman–Crippen MR) is 122 cm³/mol. The Bertz CT molecular complexity index is 642. The normalized spacial score (nSPS) is 45.3. The standard InChI is InChI=1S/C27H46O3/c1-17(6-5-7-18(2)25(29)30)22-10-11-23-21-9-8-19-16-20(28)12-14-26(19,3)24(21)13-15-27(22,23)4/h8,17-18,20-25,28-30H,5-7,9-16H2,1-4H3/t17?,18?,20-,21-,22+,23-,24-,26-,27+/m0/s1. The molecule has 0 amide bonds. The average molecular weight is 419 g/mol. The van der Waals surface area contributed by atoms with E-state index >= 15 is 0 Å². The maximum atomic E-state index is 10.2. The summed E-state index contributed by atoms with van der Waals surface area (Å²) in [4.78, 5) is 0. The van der Waals surface area contributed by atoms with Crippen LogP contribution >= 0.6 is 0 Å². The molecule has 172 valence electrons. The van der Waals surface area contributed by atoms with Crippen molar-refractivity contribution in [1.82, 2.24) is 0 Å². The van der Waals surface area contributed by atoms with Crippen LogP contribution in [0.1, 0.15) is 98.3 Å². The van der Waals surface area contributed by atoms with Crippen LogP contribution in [0.15, 0.2) is 11.6 Å². The third kappa shape index (κ3) is 3.82. The monoisotopic (exact) mass is 418 g/mol. The highest BCUT2D eigenvalue weighted by Gasteiger charge is 2.59. The molecule has 4 rings (SSSR count). The highest BCUT2D eigenvalue weighted by molar-refractivity contribution is 5.25. The first-order valence-corrected chi connectivity index (χ1v) is 12.9. The van der Waals surface area contributed by atoms with Crippen molar-refractivity contribution in [2.24, 2.45) is 46.3 Å². The van der Waals surface area contributed by atoms with E-state index in [1.54, 1.807) is 5.57 Å². The summed E-state index contributed by atoms with van der Waals surface area (Å²) in [5.74, 6) is 4.07. The average Bonchev–Trinajstić information content (AvgIpc) is 3.05. The van der Waals surface area contributed by atoms with Gasteiger partial charge in [0, 0.05) is 5.92 Å². The summed E-state index contributed by atoms with van der Waals surface area (Å²) in [6, 6.07) is 0. The lowest BCUT2D eigenvalue weighted by atomic mass is 9.47. The Hall–Kier alpha value is -0.380. The number of hydrogen-bond acceptors (Lipinski definition) is 3. The second kappa shape index (κ2) is 8.52. The number of aliphatic hydroxyl groups excluding tert-OH is 2. The molecular formula is C27H46O3. The maximum absolute atomic E-state index is 10.2. The van der Waals surface area contributed by atoms with E-state index in [1.807, 2.05) is 6.92 Å². The Morgan fingerprint density at radius 3 is 2.50 bits per heavy atom. The Labute approximate surface area is 184 Å². The molecule has 0 bridgehead atoms. The molecule has 0 aliphatic heterocycles. The zero-order chi connectivity index (χ0) is 21.7. The first-order valence-electron chi connectivity index (χ1n) is 12.9. The van der Waals surface area contributed by atoms with Crippen LogP contribution in [0, 0.1) is 46.3 Å². The van der Waals surface area contributed by atoms with Crippen molar-refractivity contribution in [1.29, 1.82) is 0 Å². The van der Waals surface area contributed by atoms with Crippen LogP contribution in [-0.4, -0.2) is 27.7 Å². The minimum Gasteiger partial charge on any atom is -0.393 e. The summed E-state index contributed by atoms with van der Waals surface area (Å²) >= 11 is 0. The molecule has 0 radical (unpaired) electrons. The summed E-state index contributed by atoms with van der Waals surface area (Å²) < 4.78 is 0. The van der Waals surface area contributed by atoms with Crippen LogP contribution in [-0.2, 0) is 0 Å². The molecule has 0 spiro atoms. The molecule has 3 heteroatoms. The van der Waals surface area contributed by atoms with Gasteiger partial charge in [0.1, 0.15) is 0 Å². The summed E-state index contributed by atoms with van der Waals surface area (Å²) in [5, 5.41) is 28.9. The van der Waals surface area contributed by atoms with Crippen molar-refractivity contribution in [2.75, 3.05) is 0 Å². The first kappa shape index (κ1) is 22.8. The lowest BCUT2D eigenvalue weighted by Gasteiger charge is -2.58. The van der Waals surface area contributed by atoms with E-state index in [1.165, 1.54) is 44.9 Å². The molecule has 3 saturated carbocycles. The molecule has 3 fully saturated rings. The van der Waals surface area contributed by atoms with Gasteiger partial charge in [0.25, 0.3) is 0 Å². The van der Waals surface area contributed by atoms with Gasteiger partial charge < -0.3 is 15.3 Å². The fraction of sp³-hybridized carbons (Fsp3) is 0.926. The van der Waals surface area contributed by atoms with Crippen LogP contribution in [0.5, 0.6) is 0 Å². The van der Waals surface area contributed by atoms with E-state index in [0.29, 0.717) is 10.8 Å². The molecule has 0 aromatic heterocycles. The summed E-state index contributed by atoms with van der Waals surface area (Å²) in [5.41, 5.74) is 2.40. The quantitative estimate of drug-likeness (QED) is 0.384. The van der Waals surface area contributed by atoms with Crippen LogP contribution < -0.4 is 0 Å². The molecule has 0 aromatic rings. The molecule has 3 N–H and O–H groups in total. The molecule has 30 heavy (non-hydrogen) atoms. The van der Waals surface area contributed by atoms with Gasteiger partial charge in [-0.3, -0.25) is 0 Å². The van der Waals surface area contributed by atoms with Crippen molar-refractivity contribution >= 4 is 0 Å². The second-order valence-electron chi connectivity index (χ2n) is 12.2. The molecule has 4 aliphatic carbocycles.